The molecule has 0 nitrogen and oxygen atoms in total. The largest absolute Gasteiger partial charge is 0.103 e. The zero-order chi connectivity index (χ0) is 27.4. The molecule has 0 amide bonds. The van der Waals surface area contributed by atoms with E-state index in [1.807, 2.05) is 36.4 Å². The van der Waals surface area contributed by atoms with Crippen molar-refractivity contribution >= 4 is 0 Å². The molecular formula is C40H32. The summed E-state index contributed by atoms with van der Waals surface area (Å²) < 4.78 is 0. The number of hydrogen-bond donors (Lipinski definition) is 0. The molecule has 40 heavy (non-hydrogen) atoms. The Hall–Kier alpha value is -4.78. The maximum atomic E-state index is 4.07. The molecule has 6 rings (SSSR count). The molecule has 0 saturated carbocycles. The van der Waals surface area contributed by atoms with Gasteiger partial charge in [-0.3, -0.25) is 0 Å². The molecule has 0 aromatic heterocycles. The van der Waals surface area contributed by atoms with Crippen molar-refractivity contribution in [3.63, 3.8) is 0 Å². The summed E-state index contributed by atoms with van der Waals surface area (Å²) in [6.07, 6.45) is 11.9. The molecular weight excluding hydrogens is 480 g/mol. The van der Waals surface area contributed by atoms with E-state index in [-0.39, 0.29) is 11.3 Å². The Morgan fingerprint density at radius 3 is 1.73 bits per heavy atom. The normalized spacial score (nSPS) is 14.6. The molecule has 0 heterocycles. The standard InChI is InChI=1S/C40H32/c1-3-4-27-40(2,34-17-11-12-18-34)39-37-28-32(21-19-30-13-7-5-8-14-30)23-25-35(37)36-26-24-33(29-38(36)39)22-20-31-15-9-6-10-16-31/h3,5-17,23-26,28-29,39H,1,4,18,27H2,2H3. The van der Waals surface area contributed by atoms with Gasteiger partial charge in [-0.2, -0.15) is 0 Å². The van der Waals surface area contributed by atoms with Gasteiger partial charge in [0, 0.05) is 33.6 Å². The Morgan fingerprint density at radius 2 is 1.25 bits per heavy atom. The Balaban J connectivity index is 1.48. The van der Waals surface area contributed by atoms with E-state index in [1.165, 1.54) is 27.8 Å². The highest BCUT2D eigenvalue weighted by molar-refractivity contribution is 5.81. The zero-order valence-corrected chi connectivity index (χ0v) is 23.0. The van der Waals surface area contributed by atoms with Crippen LogP contribution in [0, 0.1) is 29.1 Å². The Bertz CT molecular complexity index is 1640. The SMILES string of the molecule is C=CCCC(C)(C1=CC=CC1)C1c2cc(C#Cc3ccccc3)ccc2-c2ccc(C#Cc3ccccc3)cc21. The van der Waals surface area contributed by atoms with Crippen molar-refractivity contribution in [2.75, 3.05) is 0 Å². The molecule has 192 valence electrons. The van der Waals surface area contributed by atoms with E-state index < -0.39 is 0 Å². The topological polar surface area (TPSA) is 0 Å². The van der Waals surface area contributed by atoms with Gasteiger partial charge in [-0.1, -0.05) is 109 Å². The van der Waals surface area contributed by atoms with E-state index >= 15 is 0 Å². The molecule has 0 spiro atoms. The van der Waals surface area contributed by atoms with E-state index in [9.17, 15) is 0 Å². The molecule has 0 radical (unpaired) electrons. The summed E-state index contributed by atoms with van der Waals surface area (Å²) >= 11 is 0. The van der Waals surface area contributed by atoms with Crippen molar-refractivity contribution in [1.29, 1.82) is 0 Å². The Kier molecular flexibility index (Phi) is 7.10. The molecule has 0 saturated heterocycles. The summed E-state index contributed by atoms with van der Waals surface area (Å²) in [6, 6.07) is 34.0. The first-order chi connectivity index (χ1) is 19.7. The van der Waals surface area contributed by atoms with Crippen LogP contribution in [-0.4, -0.2) is 0 Å². The summed E-state index contributed by atoms with van der Waals surface area (Å²) in [5.74, 6) is 13.8. The molecule has 0 fully saturated rings. The second-order valence-corrected chi connectivity index (χ2v) is 10.8. The number of benzene rings is 4. The maximum Gasteiger partial charge on any atom is 0.0252 e. The smallest absolute Gasteiger partial charge is 0.0252 e. The highest BCUT2D eigenvalue weighted by Crippen LogP contribution is 2.58. The van der Waals surface area contributed by atoms with Gasteiger partial charge in [-0.25, -0.2) is 0 Å². The van der Waals surface area contributed by atoms with Crippen LogP contribution in [0.25, 0.3) is 11.1 Å². The summed E-state index contributed by atoms with van der Waals surface area (Å²) in [4.78, 5) is 0. The van der Waals surface area contributed by atoms with Crippen molar-refractivity contribution in [3.8, 4) is 34.8 Å². The molecule has 0 bridgehead atoms. The number of hydrogen-bond acceptors (Lipinski definition) is 0. The second-order valence-electron chi connectivity index (χ2n) is 10.8. The van der Waals surface area contributed by atoms with Crippen molar-refractivity contribution in [2.24, 2.45) is 5.41 Å². The van der Waals surface area contributed by atoms with E-state index in [0.29, 0.717) is 0 Å². The minimum absolute atomic E-state index is 0.0609. The number of allylic oxidation sites excluding steroid dienone is 5. The average Bonchev–Trinajstić information content (AvgIpc) is 3.66. The predicted octanol–water partition coefficient (Wildman–Crippen LogP) is 9.46. The third-order valence-electron chi connectivity index (χ3n) is 8.28. The summed E-state index contributed by atoms with van der Waals surface area (Å²) in [5.41, 5.74) is 10.9. The van der Waals surface area contributed by atoms with Gasteiger partial charge in [0.05, 0.1) is 0 Å². The fourth-order valence-electron chi connectivity index (χ4n) is 6.20. The first kappa shape index (κ1) is 25.5. The lowest BCUT2D eigenvalue weighted by atomic mass is 9.64. The van der Waals surface area contributed by atoms with E-state index in [0.717, 1.165) is 41.5 Å². The molecule has 2 aliphatic rings. The van der Waals surface area contributed by atoms with E-state index in [1.54, 1.807) is 0 Å². The third kappa shape index (κ3) is 4.98. The third-order valence-corrected chi connectivity index (χ3v) is 8.28. The quantitative estimate of drug-likeness (QED) is 0.184. The van der Waals surface area contributed by atoms with Crippen LogP contribution in [0.4, 0.5) is 0 Å². The van der Waals surface area contributed by atoms with Crippen molar-refractivity contribution in [2.45, 2.75) is 32.1 Å². The van der Waals surface area contributed by atoms with Crippen molar-refractivity contribution in [1.82, 2.24) is 0 Å². The molecule has 1 unspecified atom stereocenters. The van der Waals surface area contributed by atoms with Crippen molar-refractivity contribution in [3.05, 3.63) is 167 Å². The fourth-order valence-corrected chi connectivity index (χ4v) is 6.20. The van der Waals surface area contributed by atoms with Gasteiger partial charge in [-0.15, -0.1) is 6.58 Å². The lowest BCUT2D eigenvalue weighted by molar-refractivity contribution is 0.321. The highest BCUT2D eigenvalue weighted by Gasteiger charge is 2.44. The molecule has 4 aromatic rings. The second kappa shape index (κ2) is 11.1. The number of rotatable bonds is 5. The van der Waals surface area contributed by atoms with Gasteiger partial charge < -0.3 is 0 Å². The van der Waals surface area contributed by atoms with Gasteiger partial charge >= 0.3 is 0 Å². The predicted molar refractivity (Wildman–Crippen MR) is 168 cm³/mol. The van der Waals surface area contributed by atoms with E-state index in [2.05, 4.69) is 122 Å². The lowest BCUT2D eigenvalue weighted by Gasteiger charge is -2.39. The Morgan fingerprint density at radius 1 is 0.725 bits per heavy atom. The first-order valence-corrected chi connectivity index (χ1v) is 14.1. The van der Waals surface area contributed by atoms with Crippen LogP contribution < -0.4 is 0 Å². The molecule has 0 N–H and O–H groups in total. The van der Waals surface area contributed by atoms with Gasteiger partial charge in [0.2, 0.25) is 0 Å². The van der Waals surface area contributed by atoms with Crippen LogP contribution in [0.5, 0.6) is 0 Å². The van der Waals surface area contributed by atoms with Crippen LogP contribution in [0.15, 0.2) is 134 Å². The first-order valence-electron chi connectivity index (χ1n) is 14.1. The maximum absolute atomic E-state index is 4.07. The summed E-state index contributed by atoms with van der Waals surface area (Å²) in [7, 11) is 0. The van der Waals surface area contributed by atoms with Crippen LogP contribution in [0.2, 0.25) is 0 Å². The monoisotopic (exact) mass is 512 g/mol. The summed E-state index contributed by atoms with van der Waals surface area (Å²) in [5, 5.41) is 0. The molecule has 2 aliphatic carbocycles. The average molecular weight is 513 g/mol. The molecule has 4 aromatic carbocycles. The Labute approximate surface area is 238 Å². The van der Waals surface area contributed by atoms with Gasteiger partial charge in [0.1, 0.15) is 0 Å². The van der Waals surface area contributed by atoms with Crippen LogP contribution >= 0.6 is 0 Å². The zero-order valence-electron chi connectivity index (χ0n) is 23.0. The molecule has 1 atom stereocenters. The number of fused-ring (bicyclic) bond motifs is 3. The molecule has 0 aliphatic heterocycles. The molecule has 0 heteroatoms. The van der Waals surface area contributed by atoms with Crippen LogP contribution in [0.1, 0.15) is 65.5 Å². The minimum atomic E-state index is -0.0609. The van der Waals surface area contributed by atoms with Gasteiger partial charge in [-0.05, 0) is 90.0 Å². The van der Waals surface area contributed by atoms with Crippen LogP contribution in [-0.2, 0) is 0 Å². The lowest BCUT2D eigenvalue weighted by Crippen LogP contribution is -2.27. The van der Waals surface area contributed by atoms with Crippen molar-refractivity contribution < 1.29 is 0 Å². The fraction of sp³-hybridized carbons (Fsp3) is 0.150. The van der Waals surface area contributed by atoms with Gasteiger partial charge in [0.25, 0.3) is 0 Å². The van der Waals surface area contributed by atoms with E-state index in [4.69, 9.17) is 0 Å². The van der Waals surface area contributed by atoms with Gasteiger partial charge in [0.15, 0.2) is 0 Å². The van der Waals surface area contributed by atoms with Crippen LogP contribution in [0.3, 0.4) is 0 Å². The highest BCUT2D eigenvalue weighted by atomic mass is 14.5. The summed E-state index contributed by atoms with van der Waals surface area (Å²) in [6.45, 7) is 6.52. The minimum Gasteiger partial charge on any atom is -0.103 e.